The summed E-state index contributed by atoms with van der Waals surface area (Å²) in [6, 6.07) is 5.76. The zero-order valence-electron chi connectivity index (χ0n) is 13.8. The minimum Gasteiger partial charge on any atom is -0.324 e. The SMILES string of the molecule is CC.CC1=C(Nc2nccc(-c3ccncc3)n2)C=CCC=C1. The van der Waals surface area contributed by atoms with E-state index >= 15 is 0 Å². The van der Waals surface area contributed by atoms with E-state index < -0.39 is 0 Å². The topological polar surface area (TPSA) is 50.7 Å². The van der Waals surface area contributed by atoms with Gasteiger partial charge in [-0.2, -0.15) is 0 Å². The predicted octanol–water partition coefficient (Wildman–Crippen LogP) is 4.77. The third-order valence-corrected chi connectivity index (χ3v) is 3.23. The van der Waals surface area contributed by atoms with Crippen molar-refractivity contribution in [3.05, 3.63) is 72.4 Å². The molecule has 0 unspecified atom stereocenters. The van der Waals surface area contributed by atoms with Gasteiger partial charge in [0.15, 0.2) is 0 Å². The van der Waals surface area contributed by atoms with E-state index in [9.17, 15) is 0 Å². The average Bonchev–Trinajstić information content (AvgIpc) is 2.82. The molecule has 0 saturated carbocycles. The van der Waals surface area contributed by atoms with E-state index in [1.54, 1.807) is 18.6 Å². The molecular formula is C19H22N4. The third kappa shape index (κ3) is 4.61. The molecule has 0 atom stereocenters. The minimum absolute atomic E-state index is 0.596. The second-order valence-electron chi connectivity index (χ2n) is 4.76. The lowest BCUT2D eigenvalue weighted by Gasteiger charge is -2.09. The summed E-state index contributed by atoms with van der Waals surface area (Å²) in [4.78, 5) is 12.9. The van der Waals surface area contributed by atoms with E-state index in [4.69, 9.17) is 0 Å². The van der Waals surface area contributed by atoms with Gasteiger partial charge in [-0.25, -0.2) is 9.97 Å². The van der Waals surface area contributed by atoms with Crippen LogP contribution in [0.2, 0.25) is 0 Å². The van der Waals surface area contributed by atoms with Crippen molar-refractivity contribution in [1.82, 2.24) is 15.0 Å². The van der Waals surface area contributed by atoms with Crippen LogP contribution in [-0.2, 0) is 0 Å². The Bertz CT molecular complexity index is 715. The van der Waals surface area contributed by atoms with Gasteiger partial charge in [-0.15, -0.1) is 0 Å². The lowest BCUT2D eigenvalue weighted by atomic mass is 10.2. The van der Waals surface area contributed by atoms with Gasteiger partial charge in [0.2, 0.25) is 5.95 Å². The molecule has 4 heteroatoms. The number of hydrogen-bond donors (Lipinski definition) is 1. The molecule has 2 aromatic heterocycles. The maximum Gasteiger partial charge on any atom is 0.227 e. The number of rotatable bonds is 3. The zero-order valence-corrected chi connectivity index (χ0v) is 13.8. The number of nitrogens with zero attached hydrogens (tertiary/aromatic N) is 3. The van der Waals surface area contributed by atoms with Crippen molar-refractivity contribution in [1.29, 1.82) is 0 Å². The Kier molecular flexibility index (Phi) is 6.24. The molecule has 0 fully saturated rings. The third-order valence-electron chi connectivity index (χ3n) is 3.23. The highest BCUT2D eigenvalue weighted by atomic mass is 15.1. The van der Waals surface area contributed by atoms with Crippen molar-refractivity contribution in [2.75, 3.05) is 5.32 Å². The fourth-order valence-electron chi connectivity index (χ4n) is 2.09. The van der Waals surface area contributed by atoms with E-state index in [1.807, 2.05) is 32.0 Å². The lowest BCUT2D eigenvalue weighted by Crippen LogP contribution is -2.03. The van der Waals surface area contributed by atoms with Gasteiger partial charge in [-0.1, -0.05) is 32.1 Å². The summed E-state index contributed by atoms with van der Waals surface area (Å²) in [5, 5.41) is 3.28. The normalized spacial score (nSPS) is 13.2. The Balaban J connectivity index is 0.000000924. The number of pyridine rings is 1. The fourth-order valence-corrected chi connectivity index (χ4v) is 2.09. The van der Waals surface area contributed by atoms with Gasteiger partial charge in [-0.05, 0) is 43.2 Å². The molecular weight excluding hydrogens is 284 g/mol. The molecule has 2 heterocycles. The summed E-state index contributed by atoms with van der Waals surface area (Å²) in [5.74, 6) is 0.596. The first-order valence-electron chi connectivity index (χ1n) is 7.87. The Hall–Kier alpha value is -2.75. The molecule has 23 heavy (non-hydrogen) atoms. The van der Waals surface area contributed by atoms with Crippen molar-refractivity contribution in [3.63, 3.8) is 0 Å². The summed E-state index contributed by atoms with van der Waals surface area (Å²) in [5.41, 5.74) is 4.09. The molecule has 0 spiro atoms. The Morgan fingerprint density at radius 1 is 0.957 bits per heavy atom. The summed E-state index contributed by atoms with van der Waals surface area (Å²) in [6.45, 7) is 6.07. The van der Waals surface area contributed by atoms with E-state index in [0.29, 0.717) is 5.95 Å². The molecule has 3 rings (SSSR count). The standard InChI is InChI=1S/C17H16N4.C2H6/c1-13-5-3-2-4-6-15(13)20-17-19-12-9-16(21-17)14-7-10-18-11-8-14;1-2/h3-12H,2H2,1H3,(H,19,20,21);1-2H3. The maximum atomic E-state index is 4.56. The molecule has 0 bridgehead atoms. The molecule has 0 radical (unpaired) electrons. The number of allylic oxidation sites excluding steroid dienone is 5. The Labute approximate surface area is 137 Å². The van der Waals surface area contributed by atoms with Crippen molar-refractivity contribution < 1.29 is 0 Å². The van der Waals surface area contributed by atoms with Gasteiger partial charge >= 0.3 is 0 Å². The van der Waals surface area contributed by atoms with E-state index in [2.05, 4.69) is 51.5 Å². The monoisotopic (exact) mass is 306 g/mol. The molecule has 2 aromatic rings. The number of nitrogens with one attached hydrogen (secondary N) is 1. The van der Waals surface area contributed by atoms with Gasteiger partial charge in [0.05, 0.1) is 5.69 Å². The highest BCUT2D eigenvalue weighted by molar-refractivity contribution is 5.60. The average molecular weight is 306 g/mol. The molecule has 4 nitrogen and oxygen atoms in total. The van der Waals surface area contributed by atoms with Gasteiger partial charge in [0, 0.05) is 29.9 Å². The van der Waals surface area contributed by atoms with Gasteiger partial charge < -0.3 is 5.32 Å². The van der Waals surface area contributed by atoms with Crippen LogP contribution in [0.15, 0.2) is 72.4 Å². The maximum absolute atomic E-state index is 4.56. The molecule has 0 saturated heterocycles. The quantitative estimate of drug-likeness (QED) is 0.887. The predicted molar refractivity (Wildman–Crippen MR) is 95.8 cm³/mol. The number of anilines is 1. The van der Waals surface area contributed by atoms with Gasteiger partial charge in [0.25, 0.3) is 0 Å². The zero-order chi connectivity index (χ0) is 16.5. The largest absolute Gasteiger partial charge is 0.324 e. The van der Waals surface area contributed by atoms with Crippen LogP contribution in [0.4, 0.5) is 5.95 Å². The Morgan fingerprint density at radius 2 is 1.70 bits per heavy atom. The van der Waals surface area contributed by atoms with Crippen LogP contribution in [0.5, 0.6) is 0 Å². The van der Waals surface area contributed by atoms with E-state index in [-0.39, 0.29) is 0 Å². The molecule has 1 aliphatic carbocycles. The number of aromatic nitrogens is 3. The second kappa shape index (κ2) is 8.63. The summed E-state index contributed by atoms with van der Waals surface area (Å²) < 4.78 is 0. The van der Waals surface area contributed by atoms with Gasteiger partial charge in [-0.3, -0.25) is 4.98 Å². The van der Waals surface area contributed by atoms with Gasteiger partial charge in [0.1, 0.15) is 0 Å². The van der Waals surface area contributed by atoms with Crippen LogP contribution < -0.4 is 5.32 Å². The van der Waals surface area contributed by atoms with Crippen LogP contribution in [0, 0.1) is 0 Å². The van der Waals surface area contributed by atoms with E-state index in [0.717, 1.165) is 23.4 Å². The first kappa shape index (κ1) is 16.6. The second-order valence-corrected chi connectivity index (χ2v) is 4.76. The summed E-state index contributed by atoms with van der Waals surface area (Å²) >= 11 is 0. The van der Waals surface area contributed by atoms with E-state index in [1.165, 1.54) is 5.57 Å². The molecule has 0 amide bonds. The van der Waals surface area contributed by atoms with Crippen LogP contribution >= 0.6 is 0 Å². The molecule has 0 aliphatic heterocycles. The fraction of sp³-hybridized carbons (Fsp3) is 0.211. The molecule has 1 aliphatic rings. The van der Waals surface area contributed by atoms with Crippen molar-refractivity contribution in [2.45, 2.75) is 27.2 Å². The first-order valence-corrected chi connectivity index (χ1v) is 7.87. The lowest BCUT2D eigenvalue weighted by molar-refractivity contribution is 1.15. The molecule has 118 valence electrons. The molecule has 1 N–H and O–H groups in total. The van der Waals surface area contributed by atoms with Crippen LogP contribution in [0.1, 0.15) is 27.2 Å². The van der Waals surface area contributed by atoms with Crippen molar-refractivity contribution >= 4 is 5.95 Å². The Morgan fingerprint density at radius 3 is 2.48 bits per heavy atom. The smallest absolute Gasteiger partial charge is 0.227 e. The highest BCUT2D eigenvalue weighted by Gasteiger charge is 2.05. The van der Waals surface area contributed by atoms with Crippen LogP contribution in [0.3, 0.4) is 0 Å². The van der Waals surface area contributed by atoms with Crippen LogP contribution in [-0.4, -0.2) is 15.0 Å². The summed E-state index contributed by atoms with van der Waals surface area (Å²) in [7, 11) is 0. The van der Waals surface area contributed by atoms with Crippen molar-refractivity contribution in [3.8, 4) is 11.3 Å². The summed E-state index contributed by atoms with van der Waals surface area (Å²) in [6.07, 6.45) is 14.6. The number of hydrogen-bond acceptors (Lipinski definition) is 4. The highest BCUT2D eigenvalue weighted by Crippen LogP contribution is 2.18. The minimum atomic E-state index is 0.596. The van der Waals surface area contributed by atoms with Crippen LogP contribution in [0.25, 0.3) is 11.3 Å². The first-order chi connectivity index (χ1) is 11.3. The molecule has 0 aromatic carbocycles. The van der Waals surface area contributed by atoms with Crippen molar-refractivity contribution in [2.24, 2.45) is 0 Å².